The number of nitrogens with one attached hydrogen (secondary N) is 1. The van der Waals surface area contributed by atoms with E-state index >= 15 is 0 Å². The number of benzene rings is 2. The Morgan fingerprint density at radius 3 is 2.61 bits per heavy atom. The monoisotopic (exact) mass is 500 g/mol. The van der Waals surface area contributed by atoms with Crippen molar-refractivity contribution < 1.29 is 32.5 Å². The Labute approximate surface area is 209 Å². The largest absolute Gasteiger partial charge is 0.370 e. The van der Waals surface area contributed by atoms with E-state index in [1.54, 1.807) is 45.0 Å². The highest BCUT2D eigenvalue weighted by atomic mass is 19.2. The molecule has 0 bridgehead atoms. The van der Waals surface area contributed by atoms with Gasteiger partial charge in [0.05, 0.1) is 37.1 Å². The van der Waals surface area contributed by atoms with Crippen LogP contribution in [0.15, 0.2) is 42.5 Å². The third-order valence-corrected chi connectivity index (χ3v) is 6.53. The molecular weight excluding hydrogens is 470 g/mol. The molecule has 36 heavy (non-hydrogen) atoms. The van der Waals surface area contributed by atoms with Crippen LogP contribution >= 0.6 is 0 Å². The van der Waals surface area contributed by atoms with E-state index in [0.29, 0.717) is 17.7 Å². The van der Waals surface area contributed by atoms with Crippen LogP contribution in [0.5, 0.6) is 0 Å². The van der Waals surface area contributed by atoms with Gasteiger partial charge in [-0.15, -0.1) is 0 Å². The zero-order chi connectivity index (χ0) is 25.9. The molecule has 1 aliphatic carbocycles. The number of fused-ring (bicyclic) bond motifs is 1. The number of nitrogens with zero attached hydrogens (tertiary/aromatic N) is 1. The van der Waals surface area contributed by atoms with Crippen LogP contribution in [0, 0.1) is 23.0 Å². The minimum Gasteiger partial charge on any atom is -0.370 e. The number of carbonyl (C=O) groups is 1. The summed E-state index contributed by atoms with van der Waals surface area (Å²) in [5.41, 5.74) is -0.195. The molecule has 7 nitrogen and oxygen atoms in total. The fourth-order valence-electron chi connectivity index (χ4n) is 4.86. The zero-order valence-electron chi connectivity index (χ0n) is 20.6. The number of carbonyl (C=O) groups excluding carboxylic acids is 1. The van der Waals surface area contributed by atoms with Crippen LogP contribution in [0.25, 0.3) is 0 Å². The first kappa shape index (κ1) is 26.2. The minimum atomic E-state index is -1.35. The van der Waals surface area contributed by atoms with Crippen molar-refractivity contribution in [2.24, 2.45) is 0 Å². The smallest absolute Gasteiger partial charge is 0.252 e. The molecular formula is C27H30F2N2O5. The first-order chi connectivity index (χ1) is 17.2. The number of rotatable bonds is 8. The number of ether oxygens (including phenoxy) is 4. The molecule has 0 spiro atoms. The van der Waals surface area contributed by atoms with Gasteiger partial charge in [0, 0.05) is 24.9 Å². The fraction of sp³-hybridized carbons (Fsp3) is 0.481. The molecule has 1 N–H and O–H groups in total. The average Bonchev–Trinajstić information content (AvgIpc) is 3.17. The van der Waals surface area contributed by atoms with Crippen molar-refractivity contribution in [2.75, 3.05) is 6.54 Å². The summed E-state index contributed by atoms with van der Waals surface area (Å²) in [7, 11) is 0. The van der Waals surface area contributed by atoms with Crippen LogP contribution in [-0.4, -0.2) is 42.2 Å². The van der Waals surface area contributed by atoms with Crippen molar-refractivity contribution in [1.82, 2.24) is 5.32 Å². The normalized spacial score (nSPS) is 26.7. The second-order valence-electron chi connectivity index (χ2n) is 9.52. The number of hydrogen-bond donors (Lipinski definition) is 1. The van der Waals surface area contributed by atoms with Gasteiger partial charge in [0.15, 0.2) is 23.0 Å². The summed E-state index contributed by atoms with van der Waals surface area (Å²) in [6, 6.07) is 13.0. The molecule has 4 atom stereocenters. The predicted molar refractivity (Wildman–Crippen MR) is 125 cm³/mol. The van der Waals surface area contributed by atoms with Gasteiger partial charge in [-0.2, -0.15) is 5.26 Å². The van der Waals surface area contributed by atoms with Gasteiger partial charge in [0.1, 0.15) is 6.10 Å². The number of hydrogen-bond acceptors (Lipinski definition) is 6. The second kappa shape index (κ2) is 10.6. The van der Waals surface area contributed by atoms with E-state index < -0.39 is 41.3 Å². The third kappa shape index (κ3) is 5.42. The van der Waals surface area contributed by atoms with Gasteiger partial charge >= 0.3 is 0 Å². The highest BCUT2D eigenvalue weighted by Crippen LogP contribution is 2.44. The molecule has 9 heteroatoms. The third-order valence-electron chi connectivity index (χ3n) is 6.53. The van der Waals surface area contributed by atoms with E-state index in [0.717, 1.165) is 6.07 Å². The lowest BCUT2D eigenvalue weighted by Crippen LogP contribution is -2.60. The topological polar surface area (TPSA) is 89.8 Å². The lowest BCUT2D eigenvalue weighted by Gasteiger charge is -2.43. The van der Waals surface area contributed by atoms with E-state index in [2.05, 4.69) is 11.4 Å². The van der Waals surface area contributed by atoms with Crippen LogP contribution in [0.4, 0.5) is 8.78 Å². The van der Waals surface area contributed by atoms with E-state index in [1.165, 1.54) is 12.1 Å². The first-order valence-corrected chi connectivity index (χ1v) is 12.0. The summed E-state index contributed by atoms with van der Waals surface area (Å²) < 4.78 is 52.6. The van der Waals surface area contributed by atoms with Crippen molar-refractivity contribution in [3.8, 4) is 6.07 Å². The number of nitriles is 1. The lowest BCUT2D eigenvalue weighted by molar-refractivity contribution is -0.183. The molecule has 192 valence electrons. The second-order valence-corrected chi connectivity index (χ2v) is 9.52. The molecule has 1 saturated carbocycles. The molecule has 0 aromatic heterocycles. The van der Waals surface area contributed by atoms with Gasteiger partial charge in [-0.05, 0) is 38.5 Å². The number of likely N-dealkylation sites (N-methyl/N-ethyl adjacent to an activating group) is 1. The number of amides is 1. The van der Waals surface area contributed by atoms with Crippen molar-refractivity contribution in [3.63, 3.8) is 0 Å². The SMILES string of the molecule is CCNC(=O)[C@@]1(OCc2ccccc2C#N)C[C@@H](OCc2cccc(F)c2F)[C@@H]2OC(C)(C)O[C@@H]2C1. The van der Waals surface area contributed by atoms with Crippen molar-refractivity contribution in [2.45, 2.75) is 76.5 Å². The van der Waals surface area contributed by atoms with Gasteiger partial charge in [0.25, 0.3) is 5.91 Å². The highest BCUT2D eigenvalue weighted by Gasteiger charge is 2.58. The summed E-state index contributed by atoms with van der Waals surface area (Å²) in [6.45, 7) is 5.54. The Balaban J connectivity index is 1.63. The Kier molecular flexibility index (Phi) is 7.71. The van der Waals surface area contributed by atoms with Gasteiger partial charge in [0.2, 0.25) is 0 Å². The fourth-order valence-corrected chi connectivity index (χ4v) is 4.86. The Morgan fingerprint density at radius 1 is 1.11 bits per heavy atom. The van der Waals surface area contributed by atoms with Gasteiger partial charge in [-0.25, -0.2) is 8.78 Å². The molecule has 2 aromatic rings. The van der Waals surface area contributed by atoms with E-state index in [-0.39, 0.29) is 37.5 Å². The molecule has 1 saturated heterocycles. The molecule has 2 fully saturated rings. The first-order valence-electron chi connectivity index (χ1n) is 12.0. The summed E-state index contributed by atoms with van der Waals surface area (Å²) in [5, 5.41) is 12.3. The Hall–Kier alpha value is -2.90. The van der Waals surface area contributed by atoms with Crippen LogP contribution in [0.1, 0.15) is 50.3 Å². The van der Waals surface area contributed by atoms with Crippen molar-refractivity contribution >= 4 is 5.91 Å². The summed E-state index contributed by atoms with van der Waals surface area (Å²) in [5.74, 6) is -3.20. The maximum absolute atomic E-state index is 14.3. The van der Waals surface area contributed by atoms with Crippen LogP contribution in [-0.2, 0) is 37.0 Å². The molecule has 0 radical (unpaired) electrons. The van der Waals surface area contributed by atoms with Gasteiger partial charge < -0.3 is 24.3 Å². The quantitative estimate of drug-likeness (QED) is 0.586. The lowest BCUT2D eigenvalue weighted by atomic mass is 9.78. The van der Waals surface area contributed by atoms with Crippen LogP contribution in [0.3, 0.4) is 0 Å². The maximum Gasteiger partial charge on any atom is 0.252 e. The number of halogens is 2. The summed E-state index contributed by atoms with van der Waals surface area (Å²) in [6.07, 6.45) is -1.47. The average molecular weight is 501 g/mol. The zero-order valence-corrected chi connectivity index (χ0v) is 20.6. The van der Waals surface area contributed by atoms with Crippen LogP contribution in [0.2, 0.25) is 0 Å². The van der Waals surface area contributed by atoms with E-state index in [4.69, 9.17) is 18.9 Å². The molecule has 1 heterocycles. The Bertz CT molecular complexity index is 1150. The summed E-state index contributed by atoms with van der Waals surface area (Å²) >= 11 is 0. The standard InChI is InChI=1S/C27H30F2N2O5/c1-4-31-25(32)27(34-16-18-9-6-5-8-17(18)14-30)12-21(24-22(13-27)35-26(2,3)36-24)33-15-19-10-7-11-20(28)23(19)29/h5-11,21-22,24H,4,12-13,15-16H2,1-3H3,(H,31,32)/t21-,22-,24+,27-/m1/s1. The molecule has 0 unspecified atom stereocenters. The van der Waals surface area contributed by atoms with E-state index in [1.807, 2.05) is 0 Å². The van der Waals surface area contributed by atoms with Crippen molar-refractivity contribution in [1.29, 1.82) is 5.26 Å². The minimum absolute atomic E-state index is 0.0216. The van der Waals surface area contributed by atoms with Crippen molar-refractivity contribution in [3.05, 3.63) is 70.8 Å². The highest BCUT2D eigenvalue weighted by molar-refractivity contribution is 5.85. The Morgan fingerprint density at radius 2 is 1.86 bits per heavy atom. The summed E-state index contributed by atoms with van der Waals surface area (Å²) in [4.78, 5) is 13.4. The maximum atomic E-state index is 14.3. The van der Waals surface area contributed by atoms with E-state index in [9.17, 15) is 18.8 Å². The van der Waals surface area contributed by atoms with Crippen LogP contribution < -0.4 is 5.32 Å². The molecule has 1 aliphatic heterocycles. The van der Waals surface area contributed by atoms with Gasteiger partial charge in [-0.3, -0.25) is 4.79 Å². The van der Waals surface area contributed by atoms with Gasteiger partial charge in [-0.1, -0.05) is 30.3 Å². The predicted octanol–water partition coefficient (Wildman–Crippen LogP) is 4.13. The molecule has 1 amide bonds. The molecule has 2 aliphatic rings. The molecule has 4 rings (SSSR count). The molecule has 2 aromatic carbocycles.